The van der Waals surface area contributed by atoms with Crippen LogP contribution in [0.2, 0.25) is 0 Å². The van der Waals surface area contributed by atoms with Crippen LogP contribution in [0.15, 0.2) is 35.1 Å². The van der Waals surface area contributed by atoms with Gasteiger partial charge >= 0.3 is 0 Å². The van der Waals surface area contributed by atoms with Crippen molar-refractivity contribution in [2.75, 3.05) is 6.54 Å². The largest absolute Gasteiger partial charge is 0.291 e. The fourth-order valence-electron chi connectivity index (χ4n) is 3.32. The number of aryl methyl sites for hydroxylation is 1. The maximum absolute atomic E-state index is 13.1. The Labute approximate surface area is 142 Å². The second-order valence-electron chi connectivity index (χ2n) is 6.08. The topological polar surface area (TPSA) is 50.5 Å². The lowest BCUT2D eigenvalue weighted by Crippen LogP contribution is -2.25. The number of hydrogen-bond donors (Lipinski definition) is 0. The van der Waals surface area contributed by atoms with Crippen LogP contribution in [0, 0.1) is 12.7 Å². The maximum Gasteiger partial charge on any atom is 0.275 e. The van der Waals surface area contributed by atoms with Crippen LogP contribution in [0.3, 0.4) is 0 Å². The van der Waals surface area contributed by atoms with E-state index in [1.165, 1.54) is 28.0 Å². The van der Waals surface area contributed by atoms with Gasteiger partial charge in [-0.3, -0.25) is 9.69 Å². The molecule has 0 saturated carbocycles. The third-order valence-electron chi connectivity index (χ3n) is 4.38. The van der Waals surface area contributed by atoms with E-state index in [0.717, 1.165) is 35.7 Å². The van der Waals surface area contributed by atoms with Crippen molar-refractivity contribution in [1.29, 1.82) is 0 Å². The molecule has 0 N–H and O–H groups in total. The van der Waals surface area contributed by atoms with Crippen molar-refractivity contribution in [3.8, 4) is 0 Å². The Morgan fingerprint density at radius 3 is 2.92 bits per heavy atom. The molecule has 1 aliphatic heterocycles. The Bertz CT molecular complexity index is 934. The first kappa shape index (κ1) is 15.4. The fourth-order valence-corrected chi connectivity index (χ4v) is 4.09. The summed E-state index contributed by atoms with van der Waals surface area (Å²) in [6, 6.07) is 8.50. The van der Waals surface area contributed by atoms with Crippen LogP contribution >= 0.6 is 11.3 Å². The standard InChI is InChI=1S/C17H17FN4OS/c1-11-20-22-16(23)9-14(19-17(22)24-11)10-21-8-2-3-15(21)12-4-6-13(18)7-5-12/h4-7,9,15H,2-3,8,10H2,1H3/t15-/m0/s1. The van der Waals surface area contributed by atoms with Crippen molar-refractivity contribution in [3.63, 3.8) is 0 Å². The summed E-state index contributed by atoms with van der Waals surface area (Å²) in [5, 5.41) is 4.99. The van der Waals surface area contributed by atoms with Gasteiger partial charge in [0.1, 0.15) is 10.8 Å². The number of halogens is 1. The van der Waals surface area contributed by atoms with Gasteiger partial charge < -0.3 is 0 Å². The number of benzene rings is 1. The maximum atomic E-state index is 13.1. The Morgan fingerprint density at radius 2 is 2.12 bits per heavy atom. The van der Waals surface area contributed by atoms with Crippen molar-refractivity contribution in [2.24, 2.45) is 0 Å². The van der Waals surface area contributed by atoms with E-state index in [0.29, 0.717) is 11.5 Å². The minimum Gasteiger partial charge on any atom is -0.291 e. The number of fused-ring (bicyclic) bond motifs is 1. The third-order valence-corrected chi connectivity index (χ3v) is 5.21. The smallest absolute Gasteiger partial charge is 0.275 e. The predicted octanol–water partition coefficient (Wildman–Crippen LogP) is 2.94. The van der Waals surface area contributed by atoms with Gasteiger partial charge in [0, 0.05) is 18.7 Å². The predicted molar refractivity (Wildman–Crippen MR) is 90.7 cm³/mol. The second-order valence-corrected chi connectivity index (χ2v) is 7.24. The summed E-state index contributed by atoms with van der Waals surface area (Å²) in [6.07, 6.45) is 2.12. The van der Waals surface area contributed by atoms with Crippen LogP contribution in [0.4, 0.5) is 4.39 Å². The lowest BCUT2D eigenvalue weighted by molar-refractivity contribution is 0.245. The number of rotatable bonds is 3. The van der Waals surface area contributed by atoms with E-state index in [1.807, 2.05) is 19.1 Å². The molecule has 0 unspecified atom stereocenters. The van der Waals surface area contributed by atoms with Gasteiger partial charge in [-0.1, -0.05) is 23.5 Å². The van der Waals surface area contributed by atoms with Gasteiger partial charge in [-0.25, -0.2) is 9.37 Å². The molecule has 3 aromatic rings. The molecule has 1 aliphatic rings. The minimum atomic E-state index is -0.219. The Hall–Kier alpha value is -2.12. The fraction of sp³-hybridized carbons (Fsp3) is 0.353. The highest BCUT2D eigenvalue weighted by molar-refractivity contribution is 7.16. The van der Waals surface area contributed by atoms with Crippen LogP contribution in [0.5, 0.6) is 0 Å². The Morgan fingerprint density at radius 1 is 1.33 bits per heavy atom. The quantitative estimate of drug-likeness (QED) is 0.733. The van der Waals surface area contributed by atoms with Gasteiger partial charge in [-0.05, 0) is 44.0 Å². The summed E-state index contributed by atoms with van der Waals surface area (Å²) in [5.41, 5.74) is 1.73. The van der Waals surface area contributed by atoms with Crippen LogP contribution in [-0.4, -0.2) is 26.0 Å². The summed E-state index contributed by atoms with van der Waals surface area (Å²) >= 11 is 1.42. The molecule has 3 heterocycles. The molecular formula is C17H17FN4OS. The first-order valence-corrected chi connectivity index (χ1v) is 8.78. The van der Waals surface area contributed by atoms with Gasteiger partial charge in [0.05, 0.1) is 5.69 Å². The van der Waals surface area contributed by atoms with Crippen molar-refractivity contribution >= 4 is 16.3 Å². The Balaban J connectivity index is 1.62. The molecule has 1 aromatic carbocycles. The minimum absolute atomic E-state index is 0.142. The van der Waals surface area contributed by atoms with Crippen molar-refractivity contribution in [1.82, 2.24) is 19.5 Å². The monoisotopic (exact) mass is 344 g/mol. The van der Waals surface area contributed by atoms with Crippen molar-refractivity contribution in [3.05, 3.63) is 62.8 Å². The zero-order chi connectivity index (χ0) is 16.7. The molecular weight excluding hydrogens is 327 g/mol. The highest BCUT2D eigenvalue weighted by Crippen LogP contribution is 2.32. The first-order valence-electron chi connectivity index (χ1n) is 7.96. The molecule has 2 aromatic heterocycles. The molecule has 0 amide bonds. The lowest BCUT2D eigenvalue weighted by Gasteiger charge is -2.24. The van der Waals surface area contributed by atoms with E-state index in [1.54, 1.807) is 6.07 Å². The number of hydrogen-bond acceptors (Lipinski definition) is 5. The summed E-state index contributed by atoms with van der Waals surface area (Å²) in [5.74, 6) is -0.219. The molecule has 0 spiro atoms. The van der Waals surface area contributed by atoms with Crippen molar-refractivity contribution in [2.45, 2.75) is 32.4 Å². The number of aromatic nitrogens is 3. The van der Waals surface area contributed by atoms with Gasteiger partial charge in [0.25, 0.3) is 5.56 Å². The molecule has 4 rings (SSSR count). The third kappa shape index (κ3) is 2.85. The van der Waals surface area contributed by atoms with E-state index in [2.05, 4.69) is 15.0 Å². The van der Waals surface area contributed by atoms with Gasteiger partial charge in [0.2, 0.25) is 4.96 Å². The number of nitrogens with zero attached hydrogens (tertiary/aromatic N) is 4. The van der Waals surface area contributed by atoms with E-state index < -0.39 is 0 Å². The zero-order valence-electron chi connectivity index (χ0n) is 13.3. The lowest BCUT2D eigenvalue weighted by atomic mass is 10.0. The van der Waals surface area contributed by atoms with Crippen LogP contribution in [0.1, 0.15) is 35.1 Å². The molecule has 0 bridgehead atoms. The van der Waals surface area contributed by atoms with Gasteiger partial charge in [-0.15, -0.1) is 0 Å². The van der Waals surface area contributed by atoms with Crippen LogP contribution in [0.25, 0.3) is 4.96 Å². The highest BCUT2D eigenvalue weighted by Gasteiger charge is 2.26. The molecule has 24 heavy (non-hydrogen) atoms. The molecule has 7 heteroatoms. The summed E-state index contributed by atoms with van der Waals surface area (Å²) < 4.78 is 14.5. The Kier molecular flexibility index (Phi) is 3.90. The first-order chi connectivity index (χ1) is 11.6. The molecule has 0 aliphatic carbocycles. The number of likely N-dealkylation sites (tertiary alicyclic amines) is 1. The van der Waals surface area contributed by atoms with E-state index >= 15 is 0 Å². The summed E-state index contributed by atoms with van der Waals surface area (Å²) in [7, 11) is 0. The SMILES string of the molecule is Cc1nn2c(=O)cc(CN3CCC[C@H]3c3ccc(F)cc3)nc2s1. The van der Waals surface area contributed by atoms with Crippen LogP contribution in [-0.2, 0) is 6.54 Å². The summed E-state index contributed by atoms with van der Waals surface area (Å²) in [4.78, 5) is 19.7. The van der Waals surface area contributed by atoms with Crippen molar-refractivity contribution < 1.29 is 4.39 Å². The second kappa shape index (κ2) is 6.07. The molecule has 124 valence electrons. The summed E-state index contributed by atoms with van der Waals surface area (Å²) in [6.45, 7) is 3.43. The molecule has 0 radical (unpaired) electrons. The average Bonchev–Trinajstić information content (AvgIpc) is 3.14. The molecule has 1 saturated heterocycles. The molecule has 5 nitrogen and oxygen atoms in total. The zero-order valence-corrected chi connectivity index (χ0v) is 14.1. The average molecular weight is 344 g/mol. The van der Waals surface area contributed by atoms with Crippen LogP contribution < -0.4 is 5.56 Å². The normalized spacial score (nSPS) is 18.5. The molecule has 1 atom stereocenters. The van der Waals surface area contributed by atoms with E-state index in [9.17, 15) is 9.18 Å². The van der Waals surface area contributed by atoms with Gasteiger partial charge in [0.15, 0.2) is 0 Å². The highest BCUT2D eigenvalue weighted by atomic mass is 32.1. The van der Waals surface area contributed by atoms with E-state index in [-0.39, 0.29) is 17.4 Å². The van der Waals surface area contributed by atoms with E-state index in [4.69, 9.17) is 0 Å². The van der Waals surface area contributed by atoms with Gasteiger partial charge in [-0.2, -0.15) is 9.61 Å². The molecule has 1 fully saturated rings.